The number of aryl methyl sites for hydroxylation is 1. The van der Waals surface area contributed by atoms with Gasteiger partial charge in [-0.25, -0.2) is 12.7 Å². The van der Waals surface area contributed by atoms with Gasteiger partial charge >= 0.3 is 0 Å². The fraction of sp³-hybridized carbons (Fsp3) is 0.462. The molecule has 0 aliphatic heterocycles. The van der Waals surface area contributed by atoms with Gasteiger partial charge in [-0.1, -0.05) is 55.0 Å². The summed E-state index contributed by atoms with van der Waals surface area (Å²) >= 11 is 0. The largest absolute Gasteiger partial charge is 0.352 e. The van der Waals surface area contributed by atoms with Crippen LogP contribution in [0.3, 0.4) is 0 Å². The van der Waals surface area contributed by atoms with Crippen molar-refractivity contribution in [2.45, 2.75) is 70.5 Å². The highest BCUT2D eigenvalue weighted by Crippen LogP contribution is 2.16. The summed E-state index contributed by atoms with van der Waals surface area (Å²) in [7, 11) is -2.10. The molecule has 34 heavy (non-hydrogen) atoms. The number of hydrogen-bond donors (Lipinski definition) is 1. The molecule has 2 atom stereocenters. The van der Waals surface area contributed by atoms with Crippen LogP contribution in [-0.4, -0.2) is 55.1 Å². The quantitative estimate of drug-likeness (QED) is 0.494. The van der Waals surface area contributed by atoms with E-state index in [-0.39, 0.29) is 35.7 Å². The molecule has 0 aliphatic carbocycles. The Bertz CT molecular complexity index is 1040. The zero-order chi connectivity index (χ0) is 25.3. The van der Waals surface area contributed by atoms with Crippen LogP contribution in [0.15, 0.2) is 59.5 Å². The van der Waals surface area contributed by atoms with Gasteiger partial charge in [-0.05, 0) is 51.3 Å². The Kier molecular flexibility index (Phi) is 10.3. The van der Waals surface area contributed by atoms with Crippen molar-refractivity contribution in [2.75, 3.05) is 13.6 Å². The average Bonchev–Trinajstić information content (AvgIpc) is 2.83. The van der Waals surface area contributed by atoms with Gasteiger partial charge in [-0.15, -0.1) is 0 Å². The fourth-order valence-electron chi connectivity index (χ4n) is 3.43. The lowest BCUT2D eigenvalue weighted by Gasteiger charge is -2.30. The molecule has 0 saturated heterocycles. The Morgan fingerprint density at radius 3 is 2.21 bits per heavy atom. The van der Waals surface area contributed by atoms with Gasteiger partial charge in [0.25, 0.3) is 0 Å². The Labute approximate surface area is 204 Å². The van der Waals surface area contributed by atoms with Crippen molar-refractivity contribution in [1.82, 2.24) is 14.5 Å². The molecule has 2 aromatic carbocycles. The van der Waals surface area contributed by atoms with Crippen LogP contribution in [0.1, 0.15) is 51.2 Å². The minimum atomic E-state index is -3.61. The van der Waals surface area contributed by atoms with Gasteiger partial charge in [0.05, 0.1) is 4.90 Å². The lowest BCUT2D eigenvalue weighted by atomic mass is 10.1. The Morgan fingerprint density at radius 1 is 1.00 bits per heavy atom. The van der Waals surface area contributed by atoms with Crippen LogP contribution in [0.5, 0.6) is 0 Å². The number of benzene rings is 2. The van der Waals surface area contributed by atoms with Crippen LogP contribution in [0.4, 0.5) is 0 Å². The molecule has 0 saturated carbocycles. The SMILES string of the molecule is CC[C@@H](C)NC(=O)[C@@H](C)N(Cc1ccc(C)cc1)C(=O)CCCN(C)S(=O)(=O)c1ccccc1. The number of nitrogens with one attached hydrogen (secondary N) is 1. The van der Waals surface area contributed by atoms with Crippen molar-refractivity contribution in [3.8, 4) is 0 Å². The first-order chi connectivity index (χ1) is 16.1. The molecule has 2 aromatic rings. The third-order valence-corrected chi connectivity index (χ3v) is 7.83. The number of carbonyl (C=O) groups is 2. The first kappa shape index (κ1) is 27.5. The lowest BCUT2D eigenvalue weighted by Crippen LogP contribution is -2.49. The van der Waals surface area contributed by atoms with Crippen LogP contribution >= 0.6 is 0 Å². The maximum absolute atomic E-state index is 13.2. The van der Waals surface area contributed by atoms with E-state index in [4.69, 9.17) is 0 Å². The van der Waals surface area contributed by atoms with Crippen molar-refractivity contribution >= 4 is 21.8 Å². The number of amides is 2. The first-order valence-corrected chi connectivity index (χ1v) is 13.2. The van der Waals surface area contributed by atoms with Gasteiger partial charge < -0.3 is 10.2 Å². The molecule has 2 amide bonds. The normalized spacial score (nSPS) is 13.4. The molecule has 0 unspecified atom stereocenters. The second-order valence-electron chi connectivity index (χ2n) is 8.74. The van der Waals surface area contributed by atoms with E-state index in [2.05, 4.69) is 5.32 Å². The summed E-state index contributed by atoms with van der Waals surface area (Å²) in [5.74, 6) is -0.378. The molecule has 0 heterocycles. The summed E-state index contributed by atoms with van der Waals surface area (Å²) in [5.41, 5.74) is 2.05. The van der Waals surface area contributed by atoms with Crippen LogP contribution < -0.4 is 5.32 Å². The highest BCUT2D eigenvalue weighted by Gasteiger charge is 2.27. The van der Waals surface area contributed by atoms with E-state index >= 15 is 0 Å². The zero-order valence-electron chi connectivity index (χ0n) is 20.8. The number of hydrogen-bond acceptors (Lipinski definition) is 4. The monoisotopic (exact) mass is 487 g/mol. The molecule has 1 N–H and O–H groups in total. The molecular formula is C26H37N3O4S. The topological polar surface area (TPSA) is 86.8 Å². The van der Waals surface area contributed by atoms with Gasteiger partial charge in [0.1, 0.15) is 6.04 Å². The maximum Gasteiger partial charge on any atom is 0.242 e. The Morgan fingerprint density at radius 2 is 1.62 bits per heavy atom. The standard InChI is InChI=1S/C26H37N3O4S/c1-6-21(3)27-26(31)22(4)29(19-23-16-14-20(2)15-17-23)25(30)13-10-18-28(5)34(32,33)24-11-8-7-9-12-24/h7-9,11-12,14-17,21-22H,6,10,13,18-19H2,1-5H3,(H,27,31)/t21-,22-/m1/s1. The molecule has 0 fully saturated rings. The zero-order valence-corrected chi connectivity index (χ0v) is 21.6. The molecule has 0 spiro atoms. The Hall–Kier alpha value is -2.71. The van der Waals surface area contributed by atoms with Crippen LogP contribution in [-0.2, 0) is 26.2 Å². The van der Waals surface area contributed by atoms with E-state index in [0.717, 1.165) is 17.5 Å². The van der Waals surface area contributed by atoms with E-state index < -0.39 is 16.1 Å². The fourth-order valence-corrected chi connectivity index (χ4v) is 4.66. The Balaban J connectivity index is 2.08. The van der Waals surface area contributed by atoms with Gasteiger partial charge in [0.2, 0.25) is 21.8 Å². The minimum Gasteiger partial charge on any atom is -0.352 e. The van der Waals surface area contributed by atoms with Crippen LogP contribution in [0.2, 0.25) is 0 Å². The molecule has 0 bridgehead atoms. The predicted octanol–water partition coefficient (Wildman–Crippen LogP) is 3.73. The molecule has 0 aliphatic rings. The third kappa shape index (κ3) is 7.67. The molecule has 2 rings (SSSR count). The molecule has 0 aromatic heterocycles. The van der Waals surface area contributed by atoms with E-state index in [9.17, 15) is 18.0 Å². The van der Waals surface area contributed by atoms with Crippen LogP contribution in [0, 0.1) is 6.92 Å². The minimum absolute atomic E-state index is 0.0168. The highest BCUT2D eigenvalue weighted by atomic mass is 32.2. The summed E-state index contributed by atoms with van der Waals surface area (Å²) in [4.78, 5) is 27.8. The van der Waals surface area contributed by atoms with E-state index in [1.165, 1.54) is 11.4 Å². The number of carbonyl (C=O) groups excluding carboxylic acids is 2. The van der Waals surface area contributed by atoms with Crippen molar-refractivity contribution in [3.63, 3.8) is 0 Å². The van der Waals surface area contributed by atoms with Gasteiger partial charge in [-0.2, -0.15) is 0 Å². The molecular weight excluding hydrogens is 450 g/mol. The highest BCUT2D eigenvalue weighted by molar-refractivity contribution is 7.89. The average molecular weight is 488 g/mol. The first-order valence-electron chi connectivity index (χ1n) is 11.7. The van der Waals surface area contributed by atoms with Gasteiger partial charge in [0, 0.05) is 32.6 Å². The van der Waals surface area contributed by atoms with E-state index in [1.807, 2.05) is 45.0 Å². The number of rotatable bonds is 12. The summed E-state index contributed by atoms with van der Waals surface area (Å²) in [6, 6.07) is 15.5. The van der Waals surface area contributed by atoms with Crippen molar-refractivity contribution in [2.24, 2.45) is 0 Å². The van der Waals surface area contributed by atoms with Crippen molar-refractivity contribution in [3.05, 3.63) is 65.7 Å². The lowest BCUT2D eigenvalue weighted by molar-refractivity contribution is -0.141. The molecule has 8 heteroatoms. The smallest absolute Gasteiger partial charge is 0.242 e. The molecule has 7 nitrogen and oxygen atoms in total. The van der Waals surface area contributed by atoms with E-state index in [0.29, 0.717) is 13.0 Å². The van der Waals surface area contributed by atoms with E-state index in [1.54, 1.807) is 42.2 Å². The summed E-state index contributed by atoms with van der Waals surface area (Å²) in [6.45, 7) is 8.16. The van der Waals surface area contributed by atoms with Gasteiger partial charge in [-0.3, -0.25) is 9.59 Å². The van der Waals surface area contributed by atoms with Crippen molar-refractivity contribution in [1.29, 1.82) is 0 Å². The van der Waals surface area contributed by atoms with Crippen LogP contribution in [0.25, 0.3) is 0 Å². The third-order valence-electron chi connectivity index (χ3n) is 5.96. The second kappa shape index (κ2) is 12.7. The maximum atomic E-state index is 13.2. The molecule has 0 radical (unpaired) electrons. The number of nitrogens with zero attached hydrogens (tertiary/aromatic N) is 2. The summed E-state index contributed by atoms with van der Waals surface area (Å²) in [6.07, 6.45) is 1.29. The molecule has 186 valence electrons. The predicted molar refractivity (Wildman–Crippen MR) is 135 cm³/mol. The summed E-state index contributed by atoms with van der Waals surface area (Å²) < 4.78 is 26.7. The van der Waals surface area contributed by atoms with Gasteiger partial charge in [0.15, 0.2) is 0 Å². The number of sulfonamides is 1. The second-order valence-corrected chi connectivity index (χ2v) is 10.8. The van der Waals surface area contributed by atoms with Crippen molar-refractivity contribution < 1.29 is 18.0 Å². The summed E-state index contributed by atoms with van der Waals surface area (Å²) in [5, 5.41) is 2.95.